The molecule has 0 aliphatic heterocycles. The molecule has 26 heavy (non-hydrogen) atoms. The monoisotopic (exact) mass is 470 g/mol. The maximum Gasteiger partial charge on any atom is 0.191 e. The highest BCUT2D eigenvalue weighted by molar-refractivity contribution is 14.0. The molecule has 0 atom stereocenters. The molecular weight excluding hydrogens is 439 g/mol. The van der Waals surface area contributed by atoms with E-state index in [1.807, 2.05) is 24.4 Å². The number of nitrogens with zero attached hydrogens (tertiary/aromatic N) is 4. The topological polar surface area (TPSA) is 66.6 Å². The van der Waals surface area contributed by atoms with Crippen LogP contribution in [0.4, 0.5) is 0 Å². The summed E-state index contributed by atoms with van der Waals surface area (Å²) in [7, 11) is 0. The van der Waals surface area contributed by atoms with Crippen LogP contribution in [0, 0.1) is 5.41 Å². The maximum atomic E-state index is 4.82. The Morgan fingerprint density at radius 1 is 1.23 bits per heavy atom. The Bertz CT molecular complexity index is 701. The average Bonchev–Trinajstić information content (AvgIpc) is 3.01. The lowest BCUT2D eigenvalue weighted by molar-refractivity contribution is 0.139. The van der Waals surface area contributed by atoms with Crippen molar-refractivity contribution in [3.63, 3.8) is 0 Å². The van der Waals surface area contributed by atoms with Gasteiger partial charge in [0.1, 0.15) is 5.82 Å². The number of pyridine rings is 1. The maximum absolute atomic E-state index is 4.82. The van der Waals surface area contributed by atoms with Gasteiger partial charge in [0.2, 0.25) is 0 Å². The number of nitrogens with one attached hydrogen (secondary N) is 2. The van der Waals surface area contributed by atoms with Gasteiger partial charge in [0.15, 0.2) is 11.6 Å². The molecule has 0 spiro atoms. The van der Waals surface area contributed by atoms with E-state index in [0.717, 1.165) is 49.9 Å². The zero-order chi connectivity index (χ0) is 17.5. The second kappa shape index (κ2) is 10.1. The molecule has 0 bridgehead atoms. The first kappa shape index (κ1) is 20.9. The smallest absolute Gasteiger partial charge is 0.191 e. The van der Waals surface area contributed by atoms with Gasteiger partial charge in [-0.25, -0.2) is 0 Å². The molecule has 0 unspecified atom stereocenters. The molecule has 1 saturated carbocycles. The number of aromatic nitrogens is 3. The SMILES string of the molecule is CCNC(=NCC1(CC)CCC1)NCCCc1nnc2ccccn12.I. The fourth-order valence-electron chi connectivity index (χ4n) is 3.40. The highest BCUT2D eigenvalue weighted by atomic mass is 127. The van der Waals surface area contributed by atoms with Gasteiger partial charge in [-0.05, 0) is 50.2 Å². The summed E-state index contributed by atoms with van der Waals surface area (Å²) in [6.07, 6.45) is 9.16. The molecule has 0 amide bonds. The van der Waals surface area contributed by atoms with Crippen molar-refractivity contribution in [3.05, 3.63) is 30.2 Å². The highest BCUT2D eigenvalue weighted by Crippen LogP contribution is 2.43. The Morgan fingerprint density at radius 3 is 2.77 bits per heavy atom. The Morgan fingerprint density at radius 2 is 2.08 bits per heavy atom. The molecular formula is C19H31IN6. The number of halogens is 1. The van der Waals surface area contributed by atoms with E-state index in [4.69, 9.17) is 4.99 Å². The molecule has 0 radical (unpaired) electrons. The van der Waals surface area contributed by atoms with Gasteiger partial charge in [-0.3, -0.25) is 9.39 Å². The van der Waals surface area contributed by atoms with E-state index in [2.05, 4.69) is 39.1 Å². The van der Waals surface area contributed by atoms with Crippen molar-refractivity contribution in [1.82, 2.24) is 25.2 Å². The Balaban J connectivity index is 0.00000243. The minimum Gasteiger partial charge on any atom is -0.357 e. The molecule has 2 N–H and O–H groups in total. The molecule has 6 nitrogen and oxygen atoms in total. The summed E-state index contributed by atoms with van der Waals surface area (Å²) in [4.78, 5) is 4.82. The van der Waals surface area contributed by atoms with Crippen molar-refractivity contribution < 1.29 is 0 Å². The molecule has 0 aromatic carbocycles. The van der Waals surface area contributed by atoms with Crippen molar-refractivity contribution >= 4 is 35.6 Å². The van der Waals surface area contributed by atoms with Gasteiger partial charge in [0, 0.05) is 32.3 Å². The summed E-state index contributed by atoms with van der Waals surface area (Å²) in [6.45, 7) is 7.11. The van der Waals surface area contributed by atoms with Crippen LogP contribution in [0.25, 0.3) is 5.65 Å². The normalized spacial score (nSPS) is 16.0. The molecule has 144 valence electrons. The molecule has 3 rings (SSSR count). The molecule has 1 aliphatic rings. The molecule has 7 heteroatoms. The first-order valence-electron chi connectivity index (χ1n) is 9.57. The third-order valence-electron chi connectivity index (χ3n) is 5.33. The molecule has 2 aromatic heterocycles. The number of rotatable bonds is 8. The predicted octanol–water partition coefficient (Wildman–Crippen LogP) is 3.42. The van der Waals surface area contributed by atoms with E-state index < -0.39 is 0 Å². The predicted molar refractivity (Wildman–Crippen MR) is 117 cm³/mol. The molecule has 1 fully saturated rings. The number of hydrogen-bond donors (Lipinski definition) is 2. The number of aryl methyl sites for hydroxylation is 1. The summed E-state index contributed by atoms with van der Waals surface area (Å²) in [5.74, 6) is 1.95. The summed E-state index contributed by atoms with van der Waals surface area (Å²) >= 11 is 0. The van der Waals surface area contributed by atoms with Crippen molar-refractivity contribution in [1.29, 1.82) is 0 Å². The van der Waals surface area contributed by atoms with Crippen LogP contribution in [0.3, 0.4) is 0 Å². The zero-order valence-corrected chi connectivity index (χ0v) is 18.2. The lowest BCUT2D eigenvalue weighted by Crippen LogP contribution is -2.40. The van der Waals surface area contributed by atoms with Gasteiger partial charge in [-0.15, -0.1) is 34.2 Å². The fourth-order valence-corrected chi connectivity index (χ4v) is 3.40. The minimum absolute atomic E-state index is 0. The number of aliphatic imine (C=N–C) groups is 1. The zero-order valence-electron chi connectivity index (χ0n) is 15.9. The second-order valence-electron chi connectivity index (χ2n) is 6.98. The molecule has 2 heterocycles. The molecule has 0 saturated heterocycles. The lowest BCUT2D eigenvalue weighted by atomic mass is 9.67. The van der Waals surface area contributed by atoms with Gasteiger partial charge in [0.05, 0.1) is 0 Å². The van der Waals surface area contributed by atoms with Crippen LogP contribution in [0.1, 0.15) is 51.8 Å². The third kappa shape index (κ3) is 5.08. The minimum atomic E-state index is 0. The summed E-state index contributed by atoms with van der Waals surface area (Å²) in [5.41, 5.74) is 1.37. The molecule has 2 aromatic rings. The van der Waals surface area contributed by atoms with Crippen LogP contribution < -0.4 is 10.6 Å². The third-order valence-corrected chi connectivity index (χ3v) is 5.33. The van der Waals surface area contributed by atoms with Gasteiger partial charge >= 0.3 is 0 Å². The molecule has 1 aliphatic carbocycles. The second-order valence-corrected chi connectivity index (χ2v) is 6.98. The van der Waals surface area contributed by atoms with E-state index in [1.165, 1.54) is 25.7 Å². The van der Waals surface area contributed by atoms with E-state index in [0.29, 0.717) is 5.41 Å². The van der Waals surface area contributed by atoms with Crippen molar-refractivity contribution in [2.45, 2.75) is 52.4 Å². The van der Waals surface area contributed by atoms with Crippen LogP contribution in [-0.4, -0.2) is 40.2 Å². The number of fused-ring (bicyclic) bond motifs is 1. The Labute approximate surface area is 173 Å². The highest BCUT2D eigenvalue weighted by Gasteiger charge is 2.34. The standard InChI is InChI=1S/C19H30N6.HI/c1-3-19(11-8-12-19)15-22-18(20-4-2)21-13-7-10-17-24-23-16-9-5-6-14-25(16)17;/h5-6,9,14H,3-4,7-8,10-13,15H2,1-2H3,(H2,20,21,22);1H. The van der Waals surface area contributed by atoms with E-state index in [-0.39, 0.29) is 24.0 Å². The van der Waals surface area contributed by atoms with Gasteiger partial charge in [-0.1, -0.05) is 19.4 Å². The van der Waals surface area contributed by atoms with Gasteiger partial charge in [0.25, 0.3) is 0 Å². The van der Waals surface area contributed by atoms with E-state index >= 15 is 0 Å². The first-order chi connectivity index (χ1) is 12.3. The van der Waals surface area contributed by atoms with Crippen LogP contribution in [0.5, 0.6) is 0 Å². The number of hydrogen-bond acceptors (Lipinski definition) is 3. The van der Waals surface area contributed by atoms with Crippen LogP contribution >= 0.6 is 24.0 Å². The van der Waals surface area contributed by atoms with E-state index in [1.54, 1.807) is 0 Å². The Kier molecular flexibility index (Phi) is 8.12. The quantitative estimate of drug-likeness (QED) is 0.269. The fraction of sp³-hybridized carbons (Fsp3) is 0.632. The summed E-state index contributed by atoms with van der Waals surface area (Å²) < 4.78 is 2.06. The number of guanidine groups is 1. The van der Waals surface area contributed by atoms with Crippen LogP contribution in [0.2, 0.25) is 0 Å². The summed E-state index contributed by atoms with van der Waals surface area (Å²) in [6, 6.07) is 5.98. The van der Waals surface area contributed by atoms with Crippen molar-refractivity contribution in [2.24, 2.45) is 10.4 Å². The van der Waals surface area contributed by atoms with E-state index in [9.17, 15) is 0 Å². The first-order valence-corrected chi connectivity index (χ1v) is 9.57. The largest absolute Gasteiger partial charge is 0.357 e. The lowest BCUT2D eigenvalue weighted by Gasteiger charge is -2.40. The van der Waals surface area contributed by atoms with Gasteiger partial charge < -0.3 is 10.6 Å². The Hall–Kier alpha value is -1.38. The van der Waals surface area contributed by atoms with Crippen molar-refractivity contribution in [3.8, 4) is 0 Å². The van der Waals surface area contributed by atoms with Crippen LogP contribution in [-0.2, 0) is 6.42 Å². The van der Waals surface area contributed by atoms with Crippen LogP contribution in [0.15, 0.2) is 29.4 Å². The van der Waals surface area contributed by atoms with Gasteiger partial charge in [-0.2, -0.15) is 0 Å². The summed E-state index contributed by atoms with van der Waals surface area (Å²) in [5, 5.41) is 15.3. The van der Waals surface area contributed by atoms with Crippen molar-refractivity contribution in [2.75, 3.05) is 19.6 Å². The average molecular weight is 470 g/mol.